The second kappa shape index (κ2) is 10.3. The summed E-state index contributed by atoms with van der Waals surface area (Å²) in [5, 5.41) is 3.11. The Balaban J connectivity index is 1.53. The van der Waals surface area contributed by atoms with Gasteiger partial charge >= 0.3 is 0 Å². The molecule has 174 valence electrons. The van der Waals surface area contributed by atoms with Crippen LogP contribution in [0, 0.1) is 6.92 Å². The molecule has 7 heteroatoms. The first kappa shape index (κ1) is 23.9. The first-order chi connectivity index (χ1) is 16.4. The maximum absolute atomic E-state index is 12.6. The van der Waals surface area contributed by atoms with Crippen LogP contribution in [-0.2, 0) is 21.1 Å². The van der Waals surface area contributed by atoms with E-state index in [0.29, 0.717) is 5.13 Å². The second-order valence-electron chi connectivity index (χ2n) is 8.10. The van der Waals surface area contributed by atoms with Crippen molar-refractivity contribution in [1.29, 1.82) is 0 Å². The van der Waals surface area contributed by atoms with Gasteiger partial charge in [-0.1, -0.05) is 85.6 Å². The molecule has 1 amide bonds. The molecule has 0 aliphatic heterocycles. The molecule has 0 spiro atoms. The van der Waals surface area contributed by atoms with Gasteiger partial charge in [-0.2, -0.15) is 0 Å². The fourth-order valence-corrected chi connectivity index (χ4v) is 5.87. The Morgan fingerprint density at radius 1 is 0.882 bits per heavy atom. The minimum absolute atomic E-state index is 0.137. The Labute approximate surface area is 204 Å². The molecular weight excluding hydrogens is 464 g/mol. The summed E-state index contributed by atoms with van der Waals surface area (Å²) in [4.78, 5) is 18.4. The van der Waals surface area contributed by atoms with E-state index in [-0.39, 0.29) is 4.90 Å². The van der Waals surface area contributed by atoms with Gasteiger partial charge in [-0.3, -0.25) is 4.79 Å². The predicted molar refractivity (Wildman–Crippen MR) is 139 cm³/mol. The highest BCUT2D eigenvalue weighted by molar-refractivity contribution is 7.92. The molecule has 1 heterocycles. The molecule has 0 fully saturated rings. The van der Waals surface area contributed by atoms with Crippen molar-refractivity contribution in [2.75, 3.05) is 11.1 Å². The fraction of sp³-hybridized carbons (Fsp3) is 0.185. The largest absolute Gasteiger partial charge is 0.301 e. The number of benzene rings is 3. The maximum Gasteiger partial charge on any atom is 0.241 e. The highest BCUT2D eigenvalue weighted by Gasteiger charge is 2.21. The summed E-state index contributed by atoms with van der Waals surface area (Å²) in [5.41, 5.74) is 5.00. The number of rotatable bonds is 8. The van der Waals surface area contributed by atoms with Gasteiger partial charge in [0.1, 0.15) is 5.75 Å². The van der Waals surface area contributed by atoms with E-state index in [4.69, 9.17) is 0 Å². The van der Waals surface area contributed by atoms with Crippen LogP contribution in [0.4, 0.5) is 5.13 Å². The van der Waals surface area contributed by atoms with Crippen molar-refractivity contribution in [3.8, 4) is 22.4 Å². The lowest BCUT2D eigenvalue weighted by atomic mass is 10.0. The molecule has 4 rings (SSSR count). The Bertz CT molecular complexity index is 1380. The summed E-state index contributed by atoms with van der Waals surface area (Å²) in [6, 6.07) is 24.8. The van der Waals surface area contributed by atoms with E-state index in [1.165, 1.54) is 23.5 Å². The quantitative estimate of drug-likeness (QED) is 0.321. The van der Waals surface area contributed by atoms with Crippen LogP contribution in [0.5, 0.6) is 0 Å². The van der Waals surface area contributed by atoms with Crippen LogP contribution in [0.25, 0.3) is 22.4 Å². The molecule has 1 N–H and O–H groups in total. The van der Waals surface area contributed by atoms with E-state index in [1.807, 2.05) is 37.3 Å². The lowest BCUT2D eigenvalue weighted by Gasteiger charge is -2.05. The zero-order chi connectivity index (χ0) is 24.1. The van der Waals surface area contributed by atoms with E-state index in [9.17, 15) is 13.2 Å². The molecule has 0 radical (unpaired) electrons. The number of aromatic nitrogens is 1. The van der Waals surface area contributed by atoms with Gasteiger partial charge in [-0.15, -0.1) is 11.3 Å². The van der Waals surface area contributed by atoms with E-state index in [0.717, 1.165) is 45.7 Å². The summed E-state index contributed by atoms with van der Waals surface area (Å²) in [5.74, 6) is -1.22. The van der Waals surface area contributed by atoms with E-state index in [2.05, 4.69) is 41.5 Å². The second-order valence-corrected chi connectivity index (χ2v) is 11.2. The molecule has 5 nitrogen and oxygen atoms in total. The van der Waals surface area contributed by atoms with Gasteiger partial charge in [0.25, 0.3) is 0 Å². The highest BCUT2D eigenvalue weighted by atomic mass is 32.2. The topological polar surface area (TPSA) is 76.1 Å². The fourth-order valence-electron chi connectivity index (χ4n) is 3.64. The average Bonchev–Trinajstić information content (AvgIpc) is 3.22. The van der Waals surface area contributed by atoms with Gasteiger partial charge in [0, 0.05) is 10.4 Å². The molecule has 0 aliphatic rings. The summed E-state index contributed by atoms with van der Waals surface area (Å²) in [7, 11) is -3.73. The number of sulfone groups is 1. The van der Waals surface area contributed by atoms with Crippen molar-refractivity contribution in [3.63, 3.8) is 0 Å². The molecule has 34 heavy (non-hydrogen) atoms. The molecule has 0 saturated carbocycles. The smallest absolute Gasteiger partial charge is 0.241 e. The molecule has 0 saturated heterocycles. The number of carbonyl (C=O) groups excluding carboxylic acids is 1. The molecule has 1 aromatic heterocycles. The standard InChI is InChI=1S/C27H26N2O3S2/c1-3-7-24-26(22-14-12-21(13-15-22)20-8-5-4-6-9-20)29-27(33-24)28-25(30)18-34(31,32)23-16-10-19(2)11-17-23/h4-6,8-17H,3,7,18H2,1-2H3,(H,28,29,30). The SMILES string of the molecule is CCCc1sc(NC(=O)CS(=O)(=O)c2ccc(C)cc2)nc1-c1ccc(-c2ccccc2)cc1. The summed E-state index contributed by atoms with van der Waals surface area (Å²) < 4.78 is 25.2. The van der Waals surface area contributed by atoms with Crippen molar-refractivity contribution in [3.05, 3.63) is 89.3 Å². The molecule has 0 bridgehead atoms. The normalized spacial score (nSPS) is 11.4. The molecular formula is C27H26N2O3S2. The Kier molecular flexibility index (Phi) is 7.24. The lowest BCUT2D eigenvalue weighted by Crippen LogP contribution is -2.23. The number of nitrogens with zero attached hydrogens (tertiary/aromatic N) is 1. The number of amides is 1. The van der Waals surface area contributed by atoms with Crippen LogP contribution in [-0.4, -0.2) is 25.1 Å². The summed E-state index contributed by atoms with van der Waals surface area (Å²) >= 11 is 1.39. The van der Waals surface area contributed by atoms with Crippen LogP contribution >= 0.6 is 11.3 Å². The zero-order valence-corrected chi connectivity index (χ0v) is 20.7. The van der Waals surface area contributed by atoms with Crippen molar-refractivity contribution < 1.29 is 13.2 Å². The van der Waals surface area contributed by atoms with Crippen molar-refractivity contribution in [1.82, 2.24) is 4.98 Å². The third-order valence-electron chi connectivity index (χ3n) is 5.39. The van der Waals surface area contributed by atoms with Gasteiger partial charge in [-0.05, 0) is 36.6 Å². The summed E-state index contributed by atoms with van der Waals surface area (Å²) in [6.45, 7) is 3.97. The number of hydrogen-bond acceptors (Lipinski definition) is 5. The predicted octanol–water partition coefficient (Wildman–Crippen LogP) is 6.15. The third-order valence-corrected chi connectivity index (χ3v) is 8.05. The monoisotopic (exact) mass is 490 g/mol. The van der Waals surface area contributed by atoms with Gasteiger partial charge in [0.2, 0.25) is 5.91 Å². The average molecular weight is 491 g/mol. The van der Waals surface area contributed by atoms with E-state index in [1.54, 1.807) is 12.1 Å². The van der Waals surface area contributed by atoms with Crippen molar-refractivity contribution in [2.45, 2.75) is 31.6 Å². The number of hydrogen-bond donors (Lipinski definition) is 1. The first-order valence-corrected chi connectivity index (χ1v) is 13.6. The molecule has 3 aromatic carbocycles. The van der Waals surface area contributed by atoms with Crippen LogP contribution in [0.1, 0.15) is 23.8 Å². The molecule has 0 unspecified atom stereocenters. The Morgan fingerprint density at radius 3 is 2.15 bits per heavy atom. The van der Waals surface area contributed by atoms with E-state index >= 15 is 0 Å². The maximum atomic E-state index is 12.6. The Hall–Kier alpha value is -3.29. The van der Waals surface area contributed by atoms with Gasteiger partial charge in [0.15, 0.2) is 15.0 Å². The van der Waals surface area contributed by atoms with Gasteiger partial charge < -0.3 is 5.32 Å². The number of nitrogens with one attached hydrogen (secondary N) is 1. The van der Waals surface area contributed by atoms with Crippen LogP contribution in [0.15, 0.2) is 83.8 Å². The van der Waals surface area contributed by atoms with Crippen molar-refractivity contribution >= 4 is 32.2 Å². The lowest BCUT2D eigenvalue weighted by molar-refractivity contribution is -0.113. The Morgan fingerprint density at radius 2 is 1.50 bits per heavy atom. The molecule has 0 atom stereocenters. The number of carbonyl (C=O) groups is 1. The minimum Gasteiger partial charge on any atom is -0.301 e. The zero-order valence-electron chi connectivity index (χ0n) is 19.1. The summed E-state index contributed by atoms with van der Waals surface area (Å²) in [6.07, 6.45) is 1.76. The first-order valence-electron chi connectivity index (χ1n) is 11.1. The van der Waals surface area contributed by atoms with Crippen LogP contribution in [0.3, 0.4) is 0 Å². The van der Waals surface area contributed by atoms with Crippen LogP contribution in [0.2, 0.25) is 0 Å². The van der Waals surface area contributed by atoms with Crippen molar-refractivity contribution in [2.24, 2.45) is 0 Å². The highest BCUT2D eigenvalue weighted by Crippen LogP contribution is 2.33. The van der Waals surface area contributed by atoms with E-state index < -0.39 is 21.5 Å². The van der Waals surface area contributed by atoms with Gasteiger partial charge in [-0.25, -0.2) is 13.4 Å². The molecule has 4 aromatic rings. The third kappa shape index (κ3) is 5.61. The number of anilines is 1. The van der Waals surface area contributed by atoms with Crippen LogP contribution < -0.4 is 5.32 Å². The number of thiazole rings is 1. The van der Waals surface area contributed by atoms with Gasteiger partial charge in [0.05, 0.1) is 10.6 Å². The number of aryl methyl sites for hydroxylation is 2. The molecule has 0 aliphatic carbocycles. The minimum atomic E-state index is -3.73.